The van der Waals surface area contributed by atoms with Crippen molar-refractivity contribution >= 4 is 12.0 Å². The summed E-state index contributed by atoms with van der Waals surface area (Å²) in [6.45, 7) is 4.71. The van der Waals surface area contributed by atoms with E-state index in [-0.39, 0.29) is 24.1 Å². The molecule has 1 saturated heterocycles. The molecule has 7 heteroatoms. The summed E-state index contributed by atoms with van der Waals surface area (Å²) in [7, 11) is 0. The van der Waals surface area contributed by atoms with E-state index in [4.69, 9.17) is 4.74 Å². The summed E-state index contributed by atoms with van der Waals surface area (Å²) in [6, 6.07) is -0.107. The Kier molecular flexibility index (Phi) is 4.04. The summed E-state index contributed by atoms with van der Waals surface area (Å²) in [5.74, 6) is 1.08. The minimum atomic E-state index is -0.415. The number of aryl methyl sites for hydroxylation is 1. The van der Waals surface area contributed by atoms with Crippen molar-refractivity contribution in [3.05, 3.63) is 18.2 Å². The summed E-state index contributed by atoms with van der Waals surface area (Å²) >= 11 is 0. The van der Waals surface area contributed by atoms with Crippen LogP contribution in [-0.4, -0.2) is 51.7 Å². The molecule has 1 atom stereocenters. The summed E-state index contributed by atoms with van der Waals surface area (Å²) in [4.78, 5) is 30.1. The fraction of sp³-hybridized carbons (Fsp3) is 0.667. The molecule has 0 bridgehead atoms. The van der Waals surface area contributed by atoms with Gasteiger partial charge in [0.05, 0.1) is 13.1 Å². The number of ether oxygens (including phenoxy) is 1. The highest BCUT2D eigenvalue weighted by Gasteiger charge is 2.38. The van der Waals surface area contributed by atoms with Crippen LogP contribution in [0.1, 0.15) is 38.6 Å². The topological polar surface area (TPSA) is 76.5 Å². The number of carbonyl (C=O) groups is 2. The fourth-order valence-corrected chi connectivity index (χ4v) is 2.98. The molecule has 0 spiro atoms. The summed E-state index contributed by atoms with van der Waals surface area (Å²) in [5.41, 5.74) is 0. The van der Waals surface area contributed by atoms with Gasteiger partial charge in [-0.25, -0.2) is 9.78 Å². The van der Waals surface area contributed by atoms with Gasteiger partial charge in [-0.1, -0.05) is 0 Å². The van der Waals surface area contributed by atoms with Crippen molar-refractivity contribution in [1.29, 1.82) is 0 Å². The first-order valence-electron chi connectivity index (χ1n) is 7.82. The van der Waals surface area contributed by atoms with E-state index in [1.165, 1.54) is 0 Å². The van der Waals surface area contributed by atoms with E-state index in [0.717, 1.165) is 25.1 Å². The minimum absolute atomic E-state index is 0.0483. The third-order valence-electron chi connectivity index (χ3n) is 4.09. The van der Waals surface area contributed by atoms with Crippen molar-refractivity contribution in [3.8, 4) is 0 Å². The molecule has 1 aromatic heterocycles. The van der Waals surface area contributed by atoms with Crippen molar-refractivity contribution in [2.45, 2.75) is 51.3 Å². The fourth-order valence-electron chi connectivity index (χ4n) is 2.98. The van der Waals surface area contributed by atoms with Crippen molar-refractivity contribution in [1.82, 2.24) is 19.8 Å². The van der Waals surface area contributed by atoms with Crippen LogP contribution in [0.5, 0.6) is 0 Å². The lowest BCUT2D eigenvalue weighted by Crippen LogP contribution is -2.58. The SMILES string of the molecule is CC(C)NC(=O)OC1CN(C(=O)C2CCCc3nccn32)C1. The molecule has 120 valence electrons. The van der Waals surface area contributed by atoms with Gasteiger partial charge in [-0.05, 0) is 26.7 Å². The molecule has 0 saturated carbocycles. The van der Waals surface area contributed by atoms with Gasteiger partial charge >= 0.3 is 6.09 Å². The van der Waals surface area contributed by atoms with Crippen LogP contribution in [0, 0.1) is 0 Å². The molecular weight excluding hydrogens is 284 g/mol. The van der Waals surface area contributed by atoms with E-state index in [0.29, 0.717) is 13.1 Å². The highest BCUT2D eigenvalue weighted by Crippen LogP contribution is 2.27. The maximum absolute atomic E-state index is 12.6. The predicted molar refractivity (Wildman–Crippen MR) is 79.3 cm³/mol. The second-order valence-corrected chi connectivity index (χ2v) is 6.23. The monoisotopic (exact) mass is 306 g/mol. The van der Waals surface area contributed by atoms with Gasteiger partial charge in [-0.15, -0.1) is 0 Å². The maximum Gasteiger partial charge on any atom is 0.407 e. The van der Waals surface area contributed by atoms with Crippen LogP contribution in [0.2, 0.25) is 0 Å². The predicted octanol–water partition coefficient (Wildman–Crippen LogP) is 1.11. The van der Waals surface area contributed by atoms with Crippen LogP contribution in [0.3, 0.4) is 0 Å². The Balaban J connectivity index is 1.51. The molecule has 3 heterocycles. The zero-order valence-electron chi connectivity index (χ0n) is 13.0. The van der Waals surface area contributed by atoms with Crippen molar-refractivity contribution in [3.63, 3.8) is 0 Å². The molecule has 1 aromatic rings. The van der Waals surface area contributed by atoms with Crippen LogP contribution in [-0.2, 0) is 16.0 Å². The van der Waals surface area contributed by atoms with Gasteiger partial charge in [-0.3, -0.25) is 4.79 Å². The summed E-state index contributed by atoms with van der Waals surface area (Å²) in [5, 5.41) is 2.68. The largest absolute Gasteiger partial charge is 0.442 e. The van der Waals surface area contributed by atoms with Gasteiger partial charge in [-0.2, -0.15) is 0 Å². The van der Waals surface area contributed by atoms with E-state index in [9.17, 15) is 9.59 Å². The highest BCUT2D eigenvalue weighted by atomic mass is 16.6. The van der Waals surface area contributed by atoms with E-state index < -0.39 is 6.09 Å². The number of nitrogens with one attached hydrogen (secondary N) is 1. The Morgan fingerprint density at radius 1 is 1.41 bits per heavy atom. The lowest BCUT2D eigenvalue weighted by atomic mass is 10.0. The average Bonchev–Trinajstić information content (AvgIpc) is 2.89. The van der Waals surface area contributed by atoms with Crippen molar-refractivity contribution in [2.24, 2.45) is 0 Å². The van der Waals surface area contributed by atoms with Crippen molar-refractivity contribution < 1.29 is 14.3 Å². The van der Waals surface area contributed by atoms with Crippen molar-refractivity contribution in [2.75, 3.05) is 13.1 Å². The molecule has 0 aromatic carbocycles. The van der Waals surface area contributed by atoms with Crippen LogP contribution in [0.4, 0.5) is 4.79 Å². The Morgan fingerprint density at radius 3 is 2.91 bits per heavy atom. The number of alkyl carbamates (subject to hydrolysis) is 1. The van der Waals surface area contributed by atoms with E-state index in [1.807, 2.05) is 24.6 Å². The number of nitrogens with zero attached hydrogens (tertiary/aromatic N) is 3. The van der Waals surface area contributed by atoms with Gasteiger partial charge in [0.25, 0.3) is 0 Å². The number of fused-ring (bicyclic) bond motifs is 1. The Hall–Kier alpha value is -2.05. The third kappa shape index (κ3) is 2.93. The second kappa shape index (κ2) is 5.98. The quantitative estimate of drug-likeness (QED) is 0.907. The lowest BCUT2D eigenvalue weighted by molar-refractivity contribution is -0.145. The van der Waals surface area contributed by atoms with Gasteiger partial charge in [0, 0.05) is 24.9 Å². The molecule has 2 amide bonds. The number of hydrogen-bond acceptors (Lipinski definition) is 4. The smallest absolute Gasteiger partial charge is 0.407 e. The van der Waals surface area contributed by atoms with E-state index in [1.54, 1.807) is 11.1 Å². The number of amides is 2. The van der Waals surface area contributed by atoms with Crippen LogP contribution in [0.15, 0.2) is 12.4 Å². The lowest BCUT2D eigenvalue weighted by Gasteiger charge is -2.41. The number of hydrogen-bond donors (Lipinski definition) is 1. The van der Waals surface area contributed by atoms with Gasteiger partial charge < -0.3 is 19.5 Å². The van der Waals surface area contributed by atoms with E-state index in [2.05, 4.69) is 10.3 Å². The number of likely N-dealkylation sites (tertiary alicyclic amines) is 1. The standard InChI is InChI=1S/C15H22N4O3/c1-10(2)17-15(21)22-11-8-18(9-11)14(20)12-4-3-5-13-16-6-7-19(12)13/h6-7,10-12H,3-5,8-9H2,1-2H3,(H,17,21). The molecule has 7 nitrogen and oxygen atoms in total. The molecule has 0 radical (unpaired) electrons. The molecule has 1 unspecified atom stereocenters. The zero-order valence-corrected chi connectivity index (χ0v) is 13.0. The highest BCUT2D eigenvalue weighted by molar-refractivity contribution is 5.81. The van der Waals surface area contributed by atoms with Gasteiger partial charge in [0.1, 0.15) is 18.0 Å². The number of aromatic nitrogens is 2. The molecule has 22 heavy (non-hydrogen) atoms. The summed E-state index contributed by atoms with van der Waals surface area (Å²) < 4.78 is 7.23. The normalized spacial score (nSPS) is 21.2. The Labute approximate surface area is 129 Å². The number of carbonyl (C=O) groups excluding carboxylic acids is 2. The number of imidazole rings is 1. The molecule has 2 aliphatic heterocycles. The van der Waals surface area contributed by atoms with Gasteiger partial charge in [0.2, 0.25) is 5.91 Å². The zero-order chi connectivity index (χ0) is 15.7. The molecule has 2 aliphatic rings. The minimum Gasteiger partial charge on any atom is -0.442 e. The Morgan fingerprint density at radius 2 is 2.18 bits per heavy atom. The average molecular weight is 306 g/mol. The van der Waals surface area contributed by atoms with Crippen LogP contribution in [0.25, 0.3) is 0 Å². The van der Waals surface area contributed by atoms with Crippen LogP contribution < -0.4 is 5.32 Å². The molecular formula is C15H22N4O3. The molecule has 3 rings (SSSR count). The first-order valence-corrected chi connectivity index (χ1v) is 7.82. The first-order chi connectivity index (χ1) is 10.5. The number of rotatable bonds is 3. The molecule has 1 N–H and O–H groups in total. The van der Waals surface area contributed by atoms with Crippen LogP contribution >= 0.6 is 0 Å². The maximum atomic E-state index is 12.6. The molecule has 0 aliphatic carbocycles. The Bertz CT molecular complexity index is 563. The first kappa shape index (κ1) is 14.9. The molecule has 1 fully saturated rings. The van der Waals surface area contributed by atoms with E-state index >= 15 is 0 Å². The van der Waals surface area contributed by atoms with Gasteiger partial charge in [0.15, 0.2) is 0 Å². The summed E-state index contributed by atoms with van der Waals surface area (Å²) in [6.07, 6.45) is 5.77. The second-order valence-electron chi connectivity index (χ2n) is 6.23. The third-order valence-corrected chi connectivity index (χ3v) is 4.09.